The minimum atomic E-state index is -0.754. The van der Waals surface area contributed by atoms with E-state index in [-0.39, 0.29) is 22.5 Å². The van der Waals surface area contributed by atoms with Crippen molar-refractivity contribution < 1.29 is 13.9 Å². The lowest BCUT2D eigenvalue weighted by Gasteiger charge is -2.19. The molecule has 1 heterocycles. The highest BCUT2D eigenvalue weighted by atomic mass is 79.9. The average molecular weight is 306 g/mol. The Morgan fingerprint density at radius 2 is 2.24 bits per heavy atom. The lowest BCUT2D eigenvalue weighted by atomic mass is 10.0. The van der Waals surface area contributed by atoms with Crippen molar-refractivity contribution in [2.45, 2.75) is 31.4 Å². The van der Waals surface area contributed by atoms with Crippen molar-refractivity contribution in [1.29, 1.82) is 0 Å². The third-order valence-corrected chi connectivity index (χ3v) is 3.73. The molecule has 1 aromatic carbocycles. The highest BCUT2D eigenvalue weighted by Crippen LogP contribution is 2.24. The van der Waals surface area contributed by atoms with E-state index >= 15 is 0 Å². The van der Waals surface area contributed by atoms with Crippen LogP contribution in [0.25, 0.3) is 0 Å². The van der Waals surface area contributed by atoms with E-state index in [1.54, 1.807) is 0 Å². The SMILES string of the molecule is OC(Cc1c(F)ccc(Br)c1F)C1CCCN1. The van der Waals surface area contributed by atoms with E-state index in [0.29, 0.717) is 0 Å². The highest BCUT2D eigenvalue weighted by Gasteiger charge is 2.25. The van der Waals surface area contributed by atoms with E-state index in [9.17, 15) is 13.9 Å². The van der Waals surface area contributed by atoms with Crippen LogP contribution >= 0.6 is 15.9 Å². The highest BCUT2D eigenvalue weighted by molar-refractivity contribution is 9.10. The molecule has 1 saturated heterocycles. The van der Waals surface area contributed by atoms with Crippen molar-refractivity contribution in [3.05, 3.63) is 33.8 Å². The molecule has 0 aromatic heterocycles. The summed E-state index contributed by atoms with van der Waals surface area (Å²) in [6.45, 7) is 0.852. The van der Waals surface area contributed by atoms with Crippen LogP contribution in [0.15, 0.2) is 16.6 Å². The zero-order valence-electron chi connectivity index (χ0n) is 9.22. The number of nitrogens with one attached hydrogen (secondary N) is 1. The van der Waals surface area contributed by atoms with Gasteiger partial charge in [-0.2, -0.15) is 0 Å². The molecule has 1 fully saturated rings. The molecule has 0 aliphatic carbocycles. The van der Waals surface area contributed by atoms with Gasteiger partial charge in [-0.25, -0.2) is 8.78 Å². The minimum absolute atomic E-state index is 0.00519. The van der Waals surface area contributed by atoms with Crippen molar-refractivity contribution >= 4 is 15.9 Å². The lowest BCUT2D eigenvalue weighted by Crippen LogP contribution is -2.36. The molecule has 0 radical (unpaired) electrons. The smallest absolute Gasteiger partial charge is 0.143 e. The Balaban J connectivity index is 2.14. The monoisotopic (exact) mass is 305 g/mol. The summed E-state index contributed by atoms with van der Waals surface area (Å²) in [5.74, 6) is -1.23. The molecular weight excluding hydrogens is 292 g/mol. The molecule has 2 atom stereocenters. The third kappa shape index (κ3) is 2.84. The average Bonchev–Trinajstić information content (AvgIpc) is 2.83. The summed E-state index contributed by atoms with van der Waals surface area (Å²) in [6, 6.07) is 2.47. The fourth-order valence-electron chi connectivity index (χ4n) is 2.15. The zero-order valence-corrected chi connectivity index (χ0v) is 10.8. The van der Waals surface area contributed by atoms with Gasteiger partial charge >= 0.3 is 0 Å². The first-order valence-corrected chi connectivity index (χ1v) is 6.42. The Labute approximate surface area is 107 Å². The molecule has 0 saturated carbocycles. The molecule has 0 bridgehead atoms. The second-order valence-corrected chi connectivity index (χ2v) is 5.15. The first kappa shape index (κ1) is 12.9. The van der Waals surface area contributed by atoms with Gasteiger partial charge in [-0.05, 0) is 47.4 Å². The van der Waals surface area contributed by atoms with Gasteiger partial charge in [-0.3, -0.25) is 0 Å². The van der Waals surface area contributed by atoms with Crippen LogP contribution in [-0.4, -0.2) is 23.8 Å². The molecule has 2 N–H and O–H groups in total. The fourth-order valence-corrected chi connectivity index (χ4v) is 2.52. The molecule has 2 rings (SSSR count). The van der Waals surface area contributed by atoms with Crippen molar-refractivity contribution in [1.82, 2.24) is 5.32 Å². The predicted molar refractivity (Wildman–Crippen MR) is 64.8 cm³/mol. The van der Waals surface area contributed by atoms with E-state index in [1.807, 2.05) is 0 Å². The van der Waals surface area contributed by atoms with Crippen molar-refractivity contribution in [2.24, 2.45) is 0 Å². The number of aliphatic hydroxyl groups is 1. The number of aliphatic hydroxyl groups excluding tert-OH is 1. The van der Waals surface area contributed by atoms with Gasteiger partial charge in [-0.15, -0.1) is 0 Å². The molecule has 94 valence electrons. The first-order valence-electron chi connectivity index (χ1n) is 5.63. The molecular formula is C12H14BrF2NO. The Kier molecular flexibility index (Phi) is 4.12. The largest absolute Gasteiger partial charge is 0.391 e. The molecule has 1 aromatic rings. The van der Waals surface area contributed by atoms with Crippen molar-refractivity contribution in [3.8, 4) is 0 Å². The van der Waals surface area contributed by atoms with Gasteiger partial charge in [0, 0.05) is 18.0 Å². The summed E-state index contributed by atoms with van der Waals surface area (Å²) >= 11 is 3.01. The summed E-state index contributed by atoms with van der Waals surface area (Å²) in [4.78, 5) is 0. The molecule has 0 amide bonds. The second kappa shape index (κ2) is 5.42. The quantitative estimate of drug-likeness (QED) is 0.841. The summed E-state index contributed by atoms with van der Waals surface area (Å²) < 4.78 is 27.4. The summed E-state index contributed by atoms with van der Waals surface area (Å²) in [5.41, 5.74) is -0.0550. The number of hydrogen-bond acceptors (Lipinski definition) is 2. The van der Waals surface area contributed by atoms with E-state index in [2.05, 4.69) is 21.2 Å². The molecule has 0 spiro atoms. The van der Waals surface area contributed by atoms with Gasteiger partial charge in [-0.1, -0.05) is 0 Å². The molecule has 1 aliphatic rings. The first-order chi connectivity index (χ1) is 8.09. The normalized spacial score (nSPS) is 21.8. The Morgan fingerprint density at radius 1 is 1.47 bits per heavy atom. The summed E-state index contributed by atoms with van der Waals surface area (Å²) in [7, 11) is 0. The lowest BCUT2D eigenvalue weighted by molar-refractivity contribution is 0.134. The second-order valence-electron chi connectivity index (χ2n) is 4.30. The van der Waals surface area contributed by atoms with Crippen LogP contribution in [0.5, 0.6) is 0 Å². The summed E-state index contributed by atoms with van der Waals surface area (Å²) in [6.07, 6.45) is 1.08. The molecule has 2 unspecified atom stereocenters. The molecule has 1 aliphatic heterocycles. The van der Waals surface area contributed by atoms with Crippen LogP contribution in [0.2, 0.25) is 0 Å². The van der Waals surface area contributed by atoms with Crippen molar-refractivity contribution in [2.75, 3.05) is 6.54 Å². The van der Waals surface area contributed by atoms with Gasteiger partial charge < -0.3 is 10.4 Å². The Morgan fingerprint density at radius 3 is 2.88 bits per heavy atom. The maximum Gasteiger partial charge on any atom is 0.143 e. The fraction of sp³-hybridized carbons (Fsp3) is 0.500. The predicted octanol–water partition coefficient (Wildman–Crippen LogP) is 2.38. The maximum atomic E-state index is 13.7. The van der Waals surface area contributed by atoms with Crippen LogP contribution in [0.3, 0.4) is 0 Å². The van der Waals surface area contributed by atoms with E-state index < -0.39 is 17.7 Å². The summed E-state index contributed by atoms with van der Waals surface area (Å²) in [5, 5.41) is 13.1. The van der Waals surface area contributed by atoms with Crippen molar-refractivity contribution in [3.63, 3.8) is 0 Å². The van der Waals surface area contributed by atoms with E-state index in [0.717, 1.165) is 19.4 Å². The van der Waals surface area contributed by atoms with Gasteiger partial charge in [0.15, 0.2) is 0 Å². The van der Waals surface area contributed by atoms with Crippen LogP contribution < -0.4 is 5.32 Å². The topological polar surface area (TPSA) is 32.3 Å². The van der Waals surface area contributed by atoms with Gasteiger partial charge in [0.2, 0.25) is 0 Å². The third-order valence-electron chi connectivity index (χ3n) is 3.12. The molecule has 17 heavy (non-hydrogen) atoms. The molecule has 2 nitrogen and oxygen atoms in total. The number of rotatable bonds is 3. The molecule has 5 heteroatoms. The minimum Gasteiger partial charge on any atom is -0.391 e. The number of halogens is 3. The van der Waals surface area contributed by atoms with Gasteiger partial charge in [0.1, 0.15) is 11.6 Å². The Bertz CT molecular complexity index is 408. The maximum absolute atomic E-state index is 13.7. The standard InChI is InChI=1S/C12H14BrF2NO/c13-8-3-4-9(14)7(12(8)15)6-11(17)10-2-1-5-16-10/h3-4,10-11,16-17H,1-2,5-6H2. The number of hydrogen-bond donors (Lipinski definition) is 2. The Hall–Kier alpha value is -0.520. The van der Waals surface area contributed by atoms with Crippen LogP contribution in [0, 0.1) is 11.6 Å². The van der Waals surface area contributed by atoms with Gasteiger partial charge in [0.05, 0.1) is 10.6 Å². The van der Waals surface area contributed by atoms with Gasteiger partial charge in [0.25, 0.3) is 0 Å². The zero-order chi connectivity index (χ0) is 12.4. The van der Waals surface area contributed by atoms with E-state index in [1.165, 1.54) is 12.1 Å². The number of benzene rings is 1. The van der Waals surface area contributed by atoms with Crippen LogP contribution in [0.1, 0.15) is 18.4 Å². The van der Waals surface area contributed by atoms with Crippen LogP contribution in [-0.2, 0) is 6.42 Å². The van der Waals surface area contributed by atoms with E-state index in [4.69, 9.17) is 0 Å². The van der Waals surface area contributed by atoms with Crippen LogP contribution in [0.4, 0.5) is 8.78 Å².